The molecule has 0 aliphatic heterocycles. The van der Waals surface area contributed by atoms with Crippen molar-refractivity contribution in [2.24, 2.45) is 12.8 Å². The second kappa shape index (κ2) is 6.10. The van der Waals surface area contributed by atoms with Crippen LogP contribution in [0, 0.1) is 0 Å². The predicted molar refractivity (Wildman–Crippen MR) is 87.2 cm³/mol. The minimum absolute atomic E-state index is 0.169. The molecular weight excluding hydrogens is 258 g/mol. The van der Waals surface area contributed by atoms with Gasteiger partial charge in [0.1, 0.15) is 5.82 Å². The van der Waals surface area contributed by atoms with Gasteiger partial charge >= 0.3 is 0 Å². The third-order valence-corrected chi connectivity index (χ3v) is 3.97. The number of nitrogens with zero attached hydrogens (tertiary/aromatic N) is 2. The fraction of sp³-hybridized carbons (Fsp3) is 0.278. The first-order valence-electron chi connectivity index (χ1n) is 7.42. The Bertz CT molecular complexity index is 730. The largest absolute Gasteiger partial charge is 0.338 e. The number of aryl methyl sites for hydroxylation is 2. The Morgan fingerprint density at radius 1 is 1.14 bits per heavy atom. The van der Waals surface area contributed by atoms with E-state index < -0.39 is 0 Å². The highest BCUT2D eigenvalue weighted by molar-refractivity contribution is 5.82. The minimum atomic E-state index is 0.169. The van der Waals surface area contributed by atoms with Gasteiger partial charge in [-0.3, -0.25) is 0 Å². The number of benzene rings is 2. The molecule has 3 aromatic rings. The van der Waals surface area contributed by atoms with Crippen LogP contribution in [0.25, 0.3) is 10.8 Å². The molecule has 3 nitrogen and oxygen atoms in total. The summed E-state index contributed by atoms with van der Waals surface area (Å²) in [5.41, 5.74) is 7.59. The smallest absolute Gasteiger partial charge is 0.108 e. The Morgan fingerprint density at radius 2 is 1.95 bits per heavy atom. The summed E-state index contributed by atoms with van der Waals surface area (Å²) in [7, 11) is 2.02. The average molecular weight is 279 g/mol. The molecule has 0 aliphatic rings. The van der Waals surface area contributed by atoms with Gasteiger partial charge in [-0.25, -0.2) is 4.98 Å². The van der Waals surface area contributed by atoms with Crippen LogP contribution < -0.4 is 5.73 Å². The van der Waals surface area contributed by atoms with Crippen molar-refractivity contribution in [3.8, 4) is 0 Å². The van der Waals surface area contributed by atoms with Crippen molar-refractivity contribution in [1.82, 2.24) is 9.55 Å². The third kappa shape index (κ3) is 3.31. The molecule has 0 spiro atoms. The molecule has 1 atom stereocenters. The van der Waals surface area contributed by atoms with Crippen molar-refractivity contribution in [2.45, 2.75) is 25.3 Å². The Hall–Kier alpha value is -2.13. The molecule has 0 saturated carbocycles. The Morgan fingerprint density at radius 3 is 2.71 bits per heavy atom. The molecule has 3 heteroatoms. The molecule has 3 rings (SSSR count). The zero-order chi connectivity index (χ0) is 14.7. The van der Waals surface area contributed by atoms with Crippen molar-refractivity contribution in [3.05, 3.63) is 66.2 Å². The lowest BCUT2D eigenvalue weighted by Crippen LogP contribution is -2.24. The van der Waals surface area contributed by atoms with E-state index in [4.69, 9.17) is 5.73 Å². The first kappa shape index (κ1) is 13.8. The standard InChI is InChI=1S/C18H21N3/c1-21-11-10-20-18(21)9-8-17(19)13-14-6-7-15-4-2-3-5-16(15)12-14/h2-7,10-12,17H,8-9,13,19H2,1H3. The van der Waals surface area contributed by atoms with E-state index in [1.54, 1.807) is 0 Å². The van der Waals surface area contributed by atoms with E-state index >= 15 is 0 Å². The predicted octanol–water partition coefficient (Wildman–Crippen LogP) is 3.08. The summed E-state index contributed by atoms with van der Waals surface area (Å²) in [4.78, 5) is 4.34. The van der Waals surface area contributed by atoms with Crippen LogP contribution in [-0.4, -0.2) is 15.6 Å². The zero-order valence-electron chi connectivity index (χ0n) is 12.4. The molecule has 1 heterocycles. The van der Waals surface area contributed by atoms with Gasteiger partial charge < -0.3 is 10.3 Å². The van der Waals surface area contributed by atoms with Crippen molar-refractivity contribution in [2.75, 3.05) is 0 Å². The molecule has 0 radical (unpaired) electrons. The van der Waals surface area contributed by atoms with Crippen molar-refractivity contribution >= 4 is 10.8 Å². The minimum Gasteiger partial charge on any atom is -0.338 e. The highest BCUT2D eigenvalue weighted by Crippen LogP contribution is 2.17. The van der Waals surface area contributed by atoms with Gasteiger partial charge in [-0.05, 0) is 29.2 Å². The SMILES string of the molecule is Cn1ccnc1CCC(N)Cc1ccc2ccccc2c1. The van der Waals surface area contributed by atoms with Gasteiger partial charge in [-0.15, -0.1) is 0 Å². The second-order valence-corrected chi connectivity index (χ2v) is 5.64. The van der Waals surface area contributed by atoms with Crippen LogP contribution in [0.3, 0.4) is 0 Å². The first-order chi connectivity index (χ1) is 10.2. The number of imidazole rings is 1. The number of nitrogens with two attached hydrogens (primary N) is 1. The molecule has 0 amide bonds. The summed E-state index contributed by atoms with van der Waals surface area (Å²) in [6, 6.07) is 15.2. The van der Waals surface area contributed by atoms with Crippen molar-refractivity contribution < 1.29 is 0 Å². The second-order valence-electron chi connectivity index (χ2n) is 5.64. The highest BCUT2D eigenvalue weighted by atomic mass is 15.0. The molecule has 108 valence electrons. The monoisotopic (exact) mass is 279 g/mol. The van der Waals surface area contributed by atoms with Crippen LogP contribution in [0.15, 0.2) is 54.9 Å². The normalized spacial score (nSPS) is 12.7. The van der Waals surface area contributed by atoms with E-state index in [9.17, 15) is 0 Å². The molecule has 1 aromatic heterocycles. The topological polar surface area (TPSA) is 43.8 Å². The number of hydrogen-bond acceptors (Lipinski definition) is 2. The summed E-state index contributed by atoms with van der Waals surface area (Å²) in [5.74, 6) is 1.10. The van der Waals surface area contributed by atoms with Crippen molar-refractivity contribution in [1.29, 1.82) is 0 Å². The Labute approximate surface area is 125 Å². The molecular formula is C18H21N3. The van der Waals surface area contributed by atoms with Crippen molar-refractivity contribution in [3.63, 3.8) is 0 Å². The molecule has 1 unspecified atom stereocenters. The lowest BCUT2D eigenvalue weighted by atomic mass is 9.99. The summed E-state index contributed by atoms with van der Waals surface area (Å²) in [5, 5.41) is 2.56. The summed E-state index contributed by atoms with van der Waals surface area (Å²) in [6.45, 7) is 0. The van der Waals surface area contributed by atoms with Gasteiger partial charge in [0.05, 0.1) is 0 Å². The fourth-order valence-corrected chi connectivity index (χ4v) is 2.72. The maximum Gasteiger partial charge on any atom is 0.108 e. The number of fused-ring (bicyclic) bond motifs is 1. The van der Waals surface area contributed by atoms with E-state index in [-0.39, 0.29) is 6.04 Å². The Kier molecular flexibility index (Phi) is 4.02. The van der Waals surface area contributed by atoms with Crippen LogP contribution in [0.4, 0.5) is 0 Å². The molecule has 0 saturated heterocycles. The van der Waals surface area contributed by atoms with Crippen LogP contribution in [0.1, 0.15) is 17.8 Å². The van der Waals surface area contributed by atoms with Crippen LogP contribution >= 0.6 is 0 Å². The number of hydrogen-bond donors (Lipinski definition) is 1. The van der Waals surface area contributed by atoms with Crippen LogP contribution in [0.5, 0.6) is 0 Å². The molecule has 0 aliphatic carbocycles. The van der Waals surface area contributed by atoms with Gasteiger partial charge in [-0.2, -0.15) is 0 Å². The van der Waals surface area contributed by atoms with Crippen LogP contribution in [-0.2, 0) is 19.9 Å². The van der Waals surface area contributed by atoms with E-state index in [0.717, 1.165) is 25.1 Å². The molecule has 2 N–H and O–H groups in total. The number of aromatic nitrogens is 2. The van der Waals surface area contributed by atoms with E-state index in [2.05, 4.69) is 52.0 Å². The van der Waals surface area contributed by atoms with E-state index in [1.807, 2.05) is 19.4 Å². The highest BCUT2D eigenvalue weighted by Gasteiger charge is 2.07. The average Bonchev–Trinajstić information content (AvgIpc) is 2.90. The summed E-state index contributed by atoms with van der Waals surface area (Å²) in [6.07, 6.45) is 6.61. The van der Waals surface area contributed by atoms with Gasteiger partial charge in [0.15, 0.2) is 0 Å². The quantitative estimate of drug-likeness (QED) is 0.780. The van der Waals surface area contributed by atoms with Crippen LogP contribution in [0.2, 0.25) is 0 Å². The maximum absolute atomic E-state index is 6.28. The molecule has 21 heavy (non-hydrogen) atoms. The fourth-order valence-electron chi connectivity index (χ4n) is 2.72. The van der Waals surface area contributed by atoms with Gasteiger partial charge in [0.25, 0.3) is 0 Å². The summed E-state index contributed by atoms with van der Waals surface area (Å²) >= 11 is 0. The van der Waals surface area contributed by atoms with Gasteiger partial charge in [-0.1, -0.05) is 42.5 Å². The molecule has 0 bridgehead atoms. The lowest BCUT2D eigenvalue weighted by Gasteiger charge is -2.12. The number of rotatable bonds is 5. The zero-order valence-corrected chi connectivity index (χ0v) is 12.4. The van der Waals surface area contributed by atoms with E-state index in [0.29, 0.717) is 0 Å². The summed E-state index contributed by atoms with van der Waals surface area (Å²) < 4.78 is 2.06. The third-order valence-electron chi connectivity index (χ3n) is 3.97. The van der Waals surface area contributed by atoms with Gasteiger partial charge in [0.2, 0.25) is 0 Å². The first-order valence-corrected chi connectivity index (χ1v) is 7.42. The molecule has 2 aromatic carbocycles. The Balaban J connectivity index is 1.63. The lowest BCUT2D eigenvalue weighted by molar-refractivity contribution is 0.589. The van der Waals surface area contributed by atoms with E-state index in [1.165, 1.54) is 16.3 Å². The molecule has 0 fully saturated rings. The van der Waals surface area contributed by atoms with Gasteiger partial charge in [0, 0.05) is 31.9 Å². The maximum atomic E-state index is 6.28.